The number of aliphatic carboxylic acids is 1. The van der Waals surface area contributed by atoms with Crippen LogP contribution in [0, 0.1) is 6.92 Å². The van der Waals surface area contributed by atoms with Crippen LogP contribution < -0.4 is 0 Å². The second kappa shape index (κ2) is 5.11. The molecule has 84 valence electrons. The summed E-state index contributed by atoms with van der Waals surface area (Å²) >= 11 is 0. The third kappa shape index (κ3) is 2.70. The van der Waals surface area contributed by atoms with E-state index < -0.39 is 11.9 Å². The standard InChI is InChI=1S/C12H12O4/c1-8-4-3-5-9(6-7-10(13)14)11(8)12(15)16-2/h3-7H,1-2H3,(H,13,14)/b7-6+. The molecule has 4 nitrogen and oxygen atoms in total. The number of hydrogen-bond donors (Lipinski definition) is 1. The summed E-state index contributed by atoms with van der Waals surface area (Å²) in [5.74, 6) is -1.53. The Balaban J connectivity index is 3.23. The average molecular weight is 220 g/mol. The zero-order valence-corrected chi connectivity index (χ0v) is 9.06. The van der Waals surface area contributed by atoms with Gasteiger partial charge >= 0.3 is 11.9 Å². The van der Waals surface area contributed by atoms with Crippen LogP contribution in [0.3, 0.4) is 0 Å². The van der Waals surface area contributed by atoms with Crippen LogP contribution in [0.2, 0.25) is 0 Å². The van der Waals surface area contributed by atoms with Gasteiger partial charge in [-0.05, 0) is 24.1 Å². The number of ether oxygens (including phenoxy) is 1. The quantitative estimate of drug-likeness (QED) is 0.624. The monoisotopic (exact) mass is 220 g/mol. The van der Waals surface area contributed by atoms with E-state index in [1.807, 2.05) is 0 Å². The number of esters is 1. The number of carbonyl (C=O) groups excluding carboxylic acids is 1. The fourth-order valence-electron chi connectivity index (χ4n) is 1.37. The molecule has 1 N–H and O–H groups in total. The lowest BCUT2D eigenvalue weighted by atomic mass is 10.0. The van der Waals surface area contributed by atoms with Gasteiger partial charge in [0.1, 0.15) is 0 Å². The van der Waals surface area contributed by atoms with Crippen molar-refractivity contribution in [1.82, 2.24) is 0 Å². The van der Waals surface area contributed by atoms with Crippen LogP contribution in [0.1, 0.15) is 21.5 Å². The van der Waals surface area contributed by atoms with Gasteiger partial charge in [-0.1, -0.05) is 18.2 Å². The molecule has 0 amide bonds. The molecule has 0 aliphatic rings. The third-order valence-electron chi connectivity index (χ3n) is 2.10. The van der Waals surface area contributed by atoms with Crippen molar-refractivity contribution in [2.75, 3.05) is 7.11 Å². The first kappa shape index (κ1) is 12.0. The van der Waals surface area contributed by atoms with E-state index in [0.29, 0.717) is 11.1 Å². The molecule has 0 fully saturated rings. The van der Waals surface area contributed by atoms with E-state index in [4.69, 9.17) is 5.11 Å². The highest BCUT2D eigenvalue weighted by molar-refractivity contribution is 5.96. The van der Waals surface area contributed by atoms with Crippen LogP contribution in [0.5, 0.6) is 0 Å². The van der Waals surface area contributed by atoms with Crippen LogP contribution in [0.25, 0.3) is 6.08 Å². The van der Waals surface area contributed by atoms with Gasteiger partial charge in [-0.15, -0.1) is 0 Å². The summed E-state index contributed by atoms with van der Waals surface area (Å²) < 4.78 is 4.64. The van der Waals surface area contributed by atoms with Crippen molar-refractivity contribution in [3.05, 3.63) is 41.0 Å². The molecule has 0 aromatic heterocycles. The maximum absolute atomic E-state index is 11.5. The molecule has 0 heterocycles. The molecule has 0 radical (unpaired) electrons. The fraction of sp³-hybridized carbons (Fsp3) is 0.167. The summed E-state index contributed by atoms with van der Waals surface area (Å²) in [5.41, 5.74) is 1.68. The van der Waals surface area contributed by atoms with E-state index in [1.165, 1.54) is 13.2 Å². The van der Waals surface area contributed by atoms with Crippen molar-refractivity contribution in [2.24, 2.45) is 0 Å². The van der Waals surface area contributed by atoms with Crippen molar-refractivity contribution in [2.45, 2.75) is 6.92 Å². The Morgan fingerprint density at radius 2 is 2.06 bits per heavy atom. The van der Waals surface area contributed by atoms with Gasteiger partial charge in [-0.2, -0.15) is 0 Å². The van der Waals surface area contributed by atoms with E-state index in [-0.39, 0.29) is 0 Å². The summed E-state index contributed by atoms with van der Waals surface area (Å²) in [6.45, 7) is 1.77. The van der Waals surface area contributed by atoms with Gasteiger partial charge in [0, 0.05) is 6.08 Å². The smallest absolute Gasteiger partial charge is 0.338 e. The first-order valence-electron chi connectivity index (χ1n) is 4.65. The van der Waals surface area contributed by atoms with Crippen molar-refractivity contribution < 1.29 is 19.4 Å². The van der Waals surface area contributed by atoms with E-state index in [0.717, 1.165) is 11.6 Å². The van der Waals surface area contributed by atoms with Crippen LogP contribution in [-0.4, -0.2) is 24.2 Å². The summed E-state index contributed by atoms with van der Waals surface area (Å²) in [4.78, 5) is 21.9. The third-order valence-corrected chi connectivity index (χ3v) is 2.10. The molecule has 0 spiro atoms. The maximum Gasteiger partial charge on any atom is 0.338 e. The van der Waals surface area contributed by atoms with Crippen LogP contribution in [0.4, 0.5) is 0 Å². The minimum atomic E-state index is -1.06. The molecular weight excluding hydrogens is 208 g/mol. The average Bonchev–Trinajstić information content (AvgIpc) is 2.25. The molecule has 16 heavy (non-hydrogen) atoms. The number of hydrogen-bond acceptors (Lipinski definition) is 3. The van der Waals surface area contributed by atoms with E-state index in [9.17, 15) is 9.59 Å². The summed E-state index contributed by atoms with van der Waals surface area (Å²) in [6, 6.07) is 5.19. The largest absolute Gasteiger partial charge is 0.478 e. The van der Waals surface area contributed by atoms with E-state index in [1.54, 1.807) is 25.1 Å². The number of carbonyl (C=O) groups is 2. The van der Waals surface area contributed by atoms with E-state index >= 15 is 0 Å². The van der Waals surface area contributed by atoms with Gasteiger partial charge in [0.25, 0.3) is 0 Å². The number of aryl methyl sites for hydroxylation is 1. The Hall–Kier alpha value is -2.10. The molecule has 1 rings (SSSR count). The summed E-state index contributed by atoms with van der Waals surface area (Å²) in [6.07, 6.45) is 2.36. The normalized spacial score (nSPS) is 10.4. The Bertz CT molecular complexity index is 446. The Labute approximate surface area is 93.2 Å². The minimum Gasteiger partial charge on any atom is -0.478 e. The number of methoxy groups -OCH3 is 1. The predicted molar refractivity (Wildman–Crippen MR) is 59.2 cm³/mol. The first-order valence-corrected chi connectivity index (χ1v) is 4.65. The van der Waals surface area contributed by atoms with Crippen LogP contribution in [0.15, 0.2) is 24.3 Å². The summed E-state index contributed by atoms with van der Waals surface area (Å²) in [5, 5.41) is 8.53. The van der Waals surface area contributed by atoms with Crippen LogP contribution >= 0.6 is 0 Å². The second-order valence-electron chi connectivity index (χ2n) is 3.20. The zero-order valence-electron chi connectivity index (χ0n) is 9.06. The number of rotatable bonds is 3. The highest BCUT2D eigenvalue weighted by Crippen LogP contribution is 2.16. The predicted octanol–water partition coefficient (Wildman–Crippen LogP) is 1.88. The highest BCUT2D eigenvalue weighted by atomic mass is 16.5. The SMILES string of the molecule is COC(=O)c1c(C)cccc1/C=C/C(=O)O. The van der Waals surface area contributed by atoms with Gasteiger partial charge in [0.15, 0.2) is 0 Å². The second-order valence-corrected chi connectivity index (χ2v) is 3.20. The van der Waals surface area contributed by atoms with Crippen molar-refractivity contribution in [3.63, 3.8) is 0 Å². The van der Waals surface area contributed by atoms with E-state index in [2.05, 4.69) is 4.74 Å². The first-order chi connectivity index (χ1) is 7.56. The molecule has 0 bridgehead atoms. The molecule has 0 saturated carbocycles. The number of carboxylic acids is 1. The molecule has 1 aromatic carbocycles. The lowest BCUT2D eigenvalue weighted by Crippen LogP contribution is -2.06. The Morgan fingerprint density at radius 3 is 2.62 bits per heavy atom. The molecule has 4 heteroatoms. The Morgan fingerprint density at radius 1 is 1.38 bits per heavy atom. The summed E-state index contributed by atoms with van der Waals surface area (Å²) in [7, 11) is 1.29. The fourth-order valence-corrected chi connectivity index (χ4v) is 1.37. The Kier molecular flexibility index (Phi) is 3.83. The van der Waals surface area contributed by atoms with Gasteiger partial charge < -0.3 is 9.84 Å². The number of carboxylic acid groups (broad SMARTS) is 1. The topological polar surface area (TPSA) is 63.6 Å². The van der Waals surface area contributed by atoms with Gasteiger partial charge in [-0.3, -0.25) is 0 Å². The molecule has 0 unspecified atom stereocenters. The van der Waals surface area contributed by atoms with Crippen molar-refractivity contribution in [3.8, 4) is 0 Å². The van der Waals surface area contributed by atoms with Gasteiger partial charge in [0.2, 0.25) is 0 Å². The molecule has 1 aromatic rings. The van der Waals surface area contributed by atoms with Crippen molar-refractivity contribution >= 4 is 18.0 Å². The molecule has 0 aliphatic heterocycles. The molecular formula is C12H12O4. The van der Waals surface area contributed by atoms with Crippen molar-refractivity contribution in [1.29, 1.82) is 0 Å². The lowest BCUT2D eigenvalue weighted by molar-refractivity contribution is -0.131. The highest BCUT2D eigenvalue weighted by Gasteiger charge is 2.12. The lowest BCUT2D eigenvalue weighted by Gasteiger charge is -2.06. The number of benzene rings is 1. The zero-order chi connectivity index (χ0) is 12.1. The molecule has 0 atom stereocenters. The van der Waals surface area contributed by atoms with Crippen LogP contribution in [-0.2, 0) is 9.53 Å². The van der Waals surface area contributed by atoms with Gasteiger partial charge in [0.05, 0.1) is 12.7 Å². The molecule has 0 saturated heterocycles. The van der Waals surface area contributed by atoms with Gasteiger partial charge in [-0.25, -0.2) is 9.59 Å². The molecule has 0 aliphatic carbocycles. The minimum absolute atomic E-state index is 0.391. The maximum atomic E-state index is 11.5.